The van der Waals surface area contributed by atoms with Crippen LogP contribution < -0.4 is 4.74 Å². The largest absolute Gasteiger partial charge is 0.478 e. The van der Waals surface area contributed by atoms with Crippen LogP contribution in [0, 0.1) is 11.6 Å². The van der Waals surface area contributed by atoms with Crippen LogP contribution in [0.5, 0.6) is 11.5 Å². The number of carbonyl (C=O) groups is 1. The van der Waals surface area contributed by atoms with E-state index in [0.29, 0.717) is 18.2 Å². The van der Waals surface area contributed by atoms with Gasteiger partial charge in [-0.05, 0) is 30.3 Å². The Morgan fingerprint density at radius 3 is 2.13 bits per heavy atom. The molecule has 0 atom stereocenters. The first-order valence-electron chi connectivity index (χ1n) is 5.86. The highest BCUT2D eigenvalue weighted by Gasteiger charge is 2.33. The molecule has 0 saturated carbocycles. The lowest BCUT2D eigenvalue weighted by molar-refractivity contribution is -0.137. The molecule has 0 aliphatic heterocycles. The summed E-state index contributed by atoms with van der Waals surface area (Å²) in [5.41, 5.74) is -1.90. The monoisotopic (exact) mass is 352 g/mol. The molecule has 0 heterocycles. The second kappa shape index (κ2) is 6.04. The summed E-state index contributed by atoms with van der Waals surface area (Å²) in [6.07, 6.45) is -4.78. The van der Waals surface area contributed by atoms with Gasteiger partial charge in [-0.15, -0.1) is 0 Å². The first-order chi connectivity index (χ1) is 10.6. The Kier molecular flexibility index (Phi) is 4.46. The normalized spacial score (nSPS) is 11.4. The van der Waals surface area contributed by atoms with Gasteiger partial charge in [0, 0.05) is 0 Å². The molecule has 0 aliphatic rings. The molecule has 0 aliphatic carbocycles. The molecule has 0 spiro atoms. The number of ether oxygens (including phenoxy) is 1. The first-order valence-corrected chi connectivity index (χ1v) is 6.24. The minimum absolute atomic E-state index is 0.478. The predicted molar refractivity (Wildman–Crippen MR) is 69.8 cm³/mol. The molecule has 0 saturated heterocycles. The molecule has 0 aromatic heterocycles. The Morgan fingerprint density at radius 1 is 1.09 bits per heavy atom. The number of benzene rings is 2. The average molecular weight is 353 g/mol. The van der Waals surface area contributed by atoms with Crippen molar-refractivity contribution in [2.75, 3.05) is 0 Å². The van der Waals surface area contributed by atoms with Crippen LogP contribution in [0.25, 0.3) is 0 Å². The molecule has 2 aromatic rings. The van der Waals surface area contributed by atoms with Crippen LogP contribution in [-0.2, 0) is 6.18 Å². The SMILES string of the molecule is O=C(O)c1cc(F)c(Oc2ccc(Cl)c(C(F)(F)F)c2)c(F)c1. The number of alkyl halides is 3. The molecule has 2 aromatic carbocycles. The van der Waals surface area contributed by atoms with Crippen molar-refractivity contribution in [3.8, 4) is 11.5 Å². The summed E-state index contributed by atoms with van der Waals surface area (Å²) in [5, 5.41) is 8.05. The maximum absolute atomic E-state index is 13.7. The number of aromatic carboxylic acids is 1. The van der Waals surface area contributed by atoms with Gasteiger partial charge >= 0.3 is 12.1 Å². The maximum Gasteiger partial charge on any atom is 0.417 e. The summed E-state index contributed by atoms with van der Waals surface area (Å²) in [5.74, 6) is -5.84. The van der Waals surface area contributed by atoms with Gasteiger partial charge in [0.25, 0.3) is 0 Å². The van der Waals surface area contributed by atoms with Gasteiger partial charge in [-0.25, -0.2) is 13.6 Å². The lowest BCUT2D eigenvalue weighted by Gasteiger charge is -2.12. The van der Waals surface area contributed by atoms with E-state index in [2.05, 4.69) is 0 Å². The number of halogens is 6. The van der Waals surface area contributed by atoms with Crippen molar-refractivity contribution in [2.45, 2.75) is 6.18 Å². The molecule has 23 heavy (non-hydrogen) atoms. The van der Waals surface area contributed by atoms with E-state index >= 15 is 0 Å². The fraction of sp³-hybridized carbons (Fsp3) is 0.0714. The van der Waals surface area contributed by atoms with Crippen molar-refractivity contribution in [2.24, 2.45) is 0 Å². The molecule has 1 N–H and O–H groups in total. The second-order valence-electron chi connectivity index (χ2n) is 4.32. The molecule has 0 bridgehead atoms. The Bertz CT molecular complexity index is 750. The highest BCUT2D eigenvalue weighted by atomic mass is 35.5. The Labute approximate surface area is 130 Å². The molecule has 0 radical (unpaired) electrons. The summed E-state index contributed by atoms with van der Waals surface area (Å²) >= 11 is 5.41. The van der Waals surface area contributed by atoms with E-state index in [1.54, 1.807) is 0 Å². The van der Waals surface area contributed by atoms with E-state index < -0.39 is 51.4 Å². The van der Waals surface area contributed by atoms with E-state index in [1.165, 1.54) is 0 Å². The molecular weight excluding hydrogens is 347 g/mol. The van der Waals surface area contributed by atoms with Crippen molar-refractivity contribution in [1.82, 2.24) is 0 Å². The van der Waals surface area contributed by atoms with E-state index in [-0.39, 0.29) is 0 Å². The fourth-order valence-corrected chi connectivity index (χ4v) is 1.91. The zero-order valence-corrected chi connectivity index (χ0v) is 11.7. The second-order valence-corrected chi connectivity index (χ2v) is 4.72. The fourth-order valence-electron chi connectivity index (χ4n) is 1.68. The van der Waals surface area contributed by atoms with Crippen molar-refractivity contribution in [3.63, 3.8) is 0 Å². The van der Waals surface area contributed by atoms with Crippen LogP contribution in [0.2, 0.25) is 5.02 Å². The summed E-state index contributed by atoms with van der Waals surface area (Å²) in [6, 6.07) is 3.30. The Balaban J connectivity index is 2.42. The molecule has 122 valence electrons. The number of carboxylic acid groups (broad SMARTS) is 1. The predicted octanol–water partition coefficient (Wildman–Crippen LogP) is 5.13. The number of rotatable bonds is 3. The van der Waals surface area contributed by atoms with Gasteiger partial charge < -0.3 is 9.84 Å². The summed E-state index contributed by atoms with van der Waals surface area (Å²) in [6.45, 7) is 0. The molecule has 9 heteroatoms. The highest BCUT2D eigenvalue weighted by Crippen LogP contribution is 2.38. The van der Waals surface area contributed by atoms with Crippen LogP contribution in [0.15, 0.2) is 30.3 Å². The summed E-state index contributed by atoms with van der Waals surface area (Å²) in [4.78, 5) is 10.7. The van der Waals surface area contributed by atoms with E-state index in [1.807, 2.05) is 0 Å². The number of hydrogen-bond donors (Lipinski definition) is 1. The van der Waals surface area contributed by atoms with Crippen molar-refractivity contribution >= 4 is 17.6 Å². The van der Waals surface area contributed by atoms with Gasteiger partial charge in [-0.2, -0.15) is 13.2 Å². The Morgan fingerprint density at radius 2 is 1.65 bits per heavy atom. The third-order valence-electron chi connectivity index (χ3n) is 2.71. The lowest BCUT2D eigenvalue weighted by Crippen LogP contribution is -2.06. The minimum atomic E-state index is -4.78. The van der Waals surface area contributed by atoms with Crippen LogP contribution in [-0.4, -0.2) is 11.1 Å². The first kappa shape index (κ1) is 17.0. The number of hydrogen-bond acceptors (Lipinski definition) is 2. The standard InChI is InChI=1S/C14H6ClF5O3/c15-9-2-1-7(5-8(9)14(18,19)20)23-12-10(16)3-6(13(21)22)4-11(12)17/h1-5H,(H,21,22). The van der Waals surface area contributed by atoms with Gasteiger partial charge in [-0.1, -0.05) is 11.6 Å². The number of carboxylic acids is 1. The molecule has 0 fully saturated rings. The van der Waals surface area contributed by atoms with Crippen LogP contribution in [0.1, 0.15) is 15.9 Å². The molecule has 2 rings (SSSR count). The van der Waals surface area contributed by atoms with Crippen molar-refractivity contribution < 1.29 is 36.6 Å². The third kappa shape index (κ3) is 3.70. The smallest absolute Gasteiger partial charge is 0.417 e. The summed E-state index contributed by atoms with van der Waals surface area (Å²) in [7, 11) is 0. The summed E-state index contributed by atoms with van der Waals surface area (Å²) < 4.78 is 70.3. The van der Waals surface area contributed by atoms with Crippen LogP contribution >= 0.6 is 11.6 Å². The van der Waals surface area contributed by atoms with E-state index in [0.717, 1.165) is 12.1 Å². The van der Waals surface area contributed by atoms with E-state index in [9.17, 15) is 26.7 Å². The van der Waals surface area contributed by atoms with E-state index in [4.69, 9.17) is 21.4 Å². The minimum Gasteiger partial charge on any atom is -0.478 e. The molecule has 0 unspecified atom stereocenters. The van der Waals surface area contributed by atoms with Crippen LogP contribution in [0.4, 0.5) is 22.0 Å². The molecule has 0 amide bonds. The zero-order valence-electron chi connectivity index (χ0n) is 10.9. The van der Waals surface area contributed by atoms with Crippen molar-refractivity contribution in [3.05, 3.63) is 58.1 Å². The highest BCUT2D eigenvalue weighted by molar-refractivity contribution is 6.31. The van der Waals surface area contributed by atoms with Gasteiger partial charge in [-0.3, -0.25) is 0 Å². The molecular formula is C14H6ClF5O3. The lowest BCUT2D eigenvalue weighted by atomic mass is 10.2. The average Bonchev–Trinajstić information content (AvgIpc) is 2.42. The van der Waals surface area contributed by atoms with Gasteiger partial charge in [0.05, 0.1) is 16.1 Å². The Hall–Kier alpha value is -2.35. The van der Waals surface area contributed by atoms with Crippen LogP contribution in [0.3, 0.4) is 0 Å². The van der Waals surface area contributed by atoms with Gasteiger partial charge in [0.2, 0.25) is 0 Å². The van der Waals surface area contributed by atoms with Crippen molar-refractivity contribution in [1.29, 1.82) is 0 Å². The van der Waals surface area contributed by atoms with Gasteiger partial charge in [0.15, 0.2) is 17.4 Å². The quantitative estimate of drug-likeness (QED) is 0.779. The third-order valence-corrected chi connectivity index (χ3v) is 3.04. The topological polar surface area (TPSA) is 46.5 Å². The zero-order chi connectivity index (χ0) is 17.4. The maximum atomic E-state index is 13.7. The van der Waals surface area contributed by atoms with Gasteiger partial charge in [0.1, 0.15) is 5.75 Å². The molecule has 3 nitrogen and oxygen atoms in total.